The number of benzene rings is 4. The molecule has 0 N–H and O–H groups in total. The highest BCUT2D eigenvalue weighted by molar-refractivity contribution is 5.99. The van der Waals surface area contributed by atoms with E-state index < -0.39 is 0 Å². The van der Waals surface area contributed by atoms with E-state index in [0.29, 0.717) is 0 Å². The van der Waals surface area contributed by atoms with E-state index in [1.807, 2.05) is 0 Å². The van der Waals surface area contributed by atoms with E-state index >= 15 is 0 Å². The smallest absolute Gasteiger partial charge is 0.0565 e. The summed E-state index contributed by atoms with van der Waals surface area (Å²) in [6, 6.07) is 30.9. The Morgan fingerprint density at radius 1 is 0.710 bits per heavy atom. The predicted molar refractivity (Wildman–Crippen MR) is 134 cm³/mol. The second-order valence-corrected chi connectivity index (χ2v) is 8.33. The Kier molecular flexibility index (Phi) is 5.18. The molecule has 4 aromatic rings. The molecule has 0 aromatic heterocycles. The monoisotopic (exact) mass is 401 g/mol. The number of hydrogen-bond acceptors (Lipinski definition) is 1. The van der Waals surface area contributed by atoms with Gasteiger partial charge >= 0.3 is 0 Å². The largest absolute Gasteiger partial charge is 0.313 e. The van der Waals surface area contributed by atoms with Gasteiger partial charge in [-0.3, -0.25) is 0 Å². The quantitative estimate of drug-likeness (QED) is 0.331. The fourth-order valence-corrected chi connectivity index (χ4v) is 4.42. The minimum atomic E-state index is 1.04. The zero-order chi connectivity index (χ0) is 21.2. The molecular weight excluding hydrogens is 374 g/mol. The molecule has 0 saturated heterocycles. The van der Waals surface area contributed by atoms with Crippen LogP contribution in [0.5, 0.6) is 0 Å². The molecule has 152 valence electrons. The third kappa shape index (κ3) is 3.80. The Balaban J connectivity index is 1.65. The van der Waals surface area contributed by atoms with E-state index in [2.05, 4.69) is 122 Å². The van der Waals surface area contributed by atoms with Gasteiger partial charge in [0.05, 0.1) is 5.69 Å². The number of allylic oxidation sites excluding steroid dienone is 4. The number of fused-ring (bicyclic) bond motifs is 1. The summed E-state index contributed by atoms with van der Waals surface area (Å²) in [6.45, 7) is 4.35. The van der Waals surface area contributed by atoms with Crippen molar-refractivity contribution in [3.8, 4) is 11.1 Å². The number of hydrogen-bond donors (Lipinski definition) is 0. The molecule has 0 radical (unpaired) electrons. The summed E-state index contributed by atoms with van der Waals surface area (Å²) >= 11 is 0. The van der Waals surface area contributed by atoms with Crippen LogP contribution >= 0.6 is 0 Å². The lowest BCUT2D eigenvalue weighted by molar-refractivity contribution is 0.917. The Morgan fingerprint density at radius 3 is 2.13 bits per heavy atom. The van der Waals surface area contributed by atoms with Crippen LogP contribution in [-0.4, -0.2) is 0 Å². The molecule has 0 fully saturated rings. The van der Waals surface area contributed by atoms with Gasteiger partial charge in [0.1, 0.15) is 0 Å². The second kappa shape index (κ2) is 8.28. The van der Waals surface area contributed by atoms with Crippen LogP contribution < -0.4 is 4.90 Å². The summed E-state index contributed by atoms with van der Waals surface area (Å²) in [6.07, 6.45) is 8.82. The fourth-order valence-electron chi connectivity index (χ4n) is 4.42. The van der Waals surface area contributed by atoms with Crippen LogP contribution in [0.25, 0.3) is 21.9 Å². The van der Waals surface area contributed by atoms with Gasteiger partial charge in [0.25, 0.3) is 0 Å². The van der Waals surface area contributed by atoms with Crippen molar-refractivity contribution in [2.75, 3.05) is 4.90 Å². The first-order valence-corrected chi connectivity index (χ1v) is 11.0. The highest BCUT2D eigenvalue weighted by Gasteiger charge is 2.19. The molecule has 1 heteroatoms. The average Bonchev–Trinajstić information content (AvgIpc) is 2.82. The molecule has 0 heterocycles. The first-order valence-electron chi connectivity index (χ1n) is 11.0. The lowest BCUT2D eigenvalue weighted by Crippen LogP contribution is -2.18. The van der Waals surface area contributed by atoms with E-state index in [9.17, 15) is 0 Å². The van der Waals surface area contributed by atoms with Crippen molar-refractivity contribution in [2.45, 2.75) is 26.7 Å². The molecule has 0 saturated carbocycles. The molecule has 0 unspecified atom stereocenters. The maximum absolute atomic E-state index is 2.46. The lowest BCUT2D eigenvalue weighted by Gasteiger charge is -2.31. The van der Waals surface area contributed by atoms with Crippen LogP contribution in [-0.2, 0) is 0 Å². The van der Waals surface area contributed by atoms with Crippen LogP contribution in [0.4, 0.5) is 11.4 Å². The minimum absolute atomic E-state index is 1.04. The Bertz CT molecular complexity index is 1270. The minimum Gasteiger partial charge on any atom is -0.313 e. The molecular formula is C30H27N. The van der Waals surface area contributed by atoms with Crippen molar-refractivity contribution in [2.24, 2.45) is 0 Å². The van der Waals surface area contributed by atoms with Crippen LogP contribution in [0, 0.1) is 13.8 Å². The Hall–Kier alpha value is -3.58. The van der Waals surface area contributed by atoms with Crippen molar-refractivity contribution >= 4 is 22.1 Å². The van der Waals surface area contributed by atoms with Crippen LogP contribution in [0.2, 0.25) is 0 Å². The summed E-state index contributed by atoms with van der Waals surface area (Å²) in [5.41, 5.74) is 8.90. The molecule has 1 aliphatic carbocycles. The summed E-state index contributed by atoms with van der Waals surface area (Å²) in [5, 5.41) is 2.57. The molecule has 0 spiro atoms. The molecule has 31 heavy (non-hydrogen) atoms. The number of anilines is 2. The zero-order valence-corrected chi connectivity index (χ0v) is 18.2. The molecule has 1 aliphatic rings. The van der Waals surface area contributed by atoms with E-state index in [1.165, 1.54) is 50.1 Å². The normalized spacial score (nSPS) is 13.3. The van der Waals surface area contributed by atoms with E-state index in [-0.39, 0.29) is 0 Å². The number of aryl methyl sites for hydroxylation is 2. The third-order valence-electron chi connectivity index (χ3n) is 6.12. The van der Waals surface area contributed by atoms with Crippen LogP contribution in [0.15, 0.2) is 109 Å². The van der Waals surface area contributed by atoms with Crippen molar-refractivity contribution in [3.63, 3.8) is 0 Å². The SMILES string of the molecule is Cc1ccc(-c2ccc(N(C3=CC=CCC3)c3c(C)ccc4ccccc34)cc2)cc1. The standard InChI is InChI=1S/C30H27N/c1-22-12-15-24(16-13-22)25-18-20-28(21-19-25)31(27-9-4-3-5-10-27)30-23(2)14-17-26-8-6-7-11-29(26)30/h3-4,6-9,11-21H,5,10H2,1-2H3. The van der Waals surface area contributed by atoms with Crippen molar-refractivity contribution in [1.82, 2.24) is 0 Å². The lowest BCUT2D eigenvalue weighted by atomic mass is 9.99. The van der Waals surface area contributed by atoms with Crippen molar-refractivity contribution in [3.05, 3.63) is 120 Å². The fraction of sp³-hybridized carbons (Fsp3) is 0.133. The summed E-state index contributed by atoms with van der Waals surface area (Å²) in [7, 11) is 0. The predicted octanol–water partition coefficient (Wildman–Crippen LogP) is 8.50. The van der Waals surface area contributed by atoms with Gasteiger partial charge in [0.2, 0.25) is 0 Å². The highest BCUT2D eigenvalue weighted by Crippen LogP contribution is 2.40. The average molecular weight is 402 g/mol. The molecule has 1 nitrogen and oxygen atoms in total. The van der Waals surface area contributed by atoms with Gasteiger partial charge in [-0.15, -0.1) is 0 Å². The van der Waals surface area contributed by atoms with Gasteiger partial charge in [-0.2, -0.15) is 0 Å². The van der Waals surface area contributed by atoms with Crippen LogP contribution in [0.1, 0.15) is 24.0 Å². The van der Waals surface area contributed by atoms with E-state index in [4.69, 9.17) is 0 Å². The highest BCUT2D eigenvalue weighted by atomic mass is 15.2. The molecule has 4 aromatic carbocycles. The number of rotatable bonds is 4. The Labute approximate surface area is 185 Å². The van der Waals surface area contributed by atoms with E-state index in [0.717, 1.165) is 12.8 Å². The summed E-state index contributed by atoms with van der Waals surface area (Å²) in [4.78, 5) is 2.46. The van der Waals surface area contributed by atoms with Gasteiger partial charge < -0.3 is 4.90 Å². The van der Waals surface area contributed by atoms with Gasteiger partial charge in [0, 0.05) is 16.8 Å². The second-order valence-electron chi connectivity index (χ2n) is 8.33. The zero-order valence-electron chi connectivity index (χ0n) is 18.2. The molecule has 0 atom stereocenters. The van der Waals surface area contributed by atoms with Gasteiger partial charge in [-0.25, -0.2) is 0 Å². The molecule has 0 amide bonds. The number of nitrogens with zero attached hydrogens (tertiary/aromatic N) is 1. The third-order valence-corrected chi connectivity index (χ3v) is 6.12. The van der Waals surface area contributed by atoms with Crippen LogP contribution in [0.3, 0.4) is 0 Å². The first-order chi connectivity index (χ1) is 15.2. The van der Waals surface area contributed by atoms with Crippen molar-refractivity contribution in [1.29, 1.82) is 0 Å². The summed E-state index contributed by atoms with van der Waals surface area (Å²) in [5.74, 6) is 0. The van der Waals surface area contributed by atoms with Gasteiger partial charge in [0.15, 0.2) is 0 Å². The molecule has 0 bridgehead atoms. The van der Waals surface area contributed by atoms with Crippen molar-refractivity contribution < 1.29 is 0 Å². The van der Waals surface area contributed by atoms with E-state index in [1.54, 1.807) is 0 Å². The molecule has 0 aliphatic heterocycles. The summed E-state index contributed by atoms with van der Waals surface area (Å²) < 4.78 is 0. The first kappa shape index (κ1) is 19.4. The Morgan fingerprint density at radius 2 is 1.42 bits per heavy atom. The van der Waals surface area contributed by atoms with Gasteiger partial charge in [-0.05, 0) is 67.0 Å². The topological polar surface area (TPSA) is 3.24 Å². The molecule has 5 rings (SSSR count). The maximum atomic E-state index is 2.46. The maximum Gasteiger partial charge on any atom is 0.0565 e. The van der Waals surface area contributed by atoms with Gasteiger partial charge in [-0.1, -0.05) is 90.5 Å².